The molecule has 0 atom stereocenters. The summed E-state index contributed by atoms with van der Waals surface area (Å²) in [5.74, 6) is 1.33. The standard InChI is InChI=1S/C33H38N8O5/c1-33(2,3)46-32(44)40-17-15-39(16-18-40)30(42)24-8-12-26(13-9-24)35-31(43)34-25-10-6-23(7-11-25)28-36-29(38-19-21-45-22-20-38)27-5-4-14-41(27)37-28/h4-14H,15-22H2,1-3H3,(H2,34,35,43). The molecule has 46 heavy (non-hydrogen) atoms. The SMILES string of the molecule is CC(C)(C)OC(=O)N1CCN(C(=O)c2ccc(NC(=O)Nc3ccc(-c4nc(N5CCOCC5)c5cccn5n4)cc3)cc2)CC1. The number of nitrogens with one attached hydrogen (secondary N) is 2. The zero-order chi connectivity index (χ0) is 32.3. The van der Waals surface area contributed by atoms with Crippen LogP contribution in [0.5, 0.6) is 0 Å². The molecule has 2 aliphatic heterocycles. The van der Waals surface area contributed by atoms with Gasteiger partial charge >= 0.3 is 12.1 Å². The Labute approximate surface area is 267 Å². The van der Waals surface area contributed by atoms with E-state index in [2.05, 4.69) is 20.6 Å². The Hall–Kier alpha value is -5.17. The quantitative estimate of drug-likeness (QED) is 0.329. The number of morpholine rings is 1. The second kappa shape index (κ2) is 13.1. The molecule has 2 fully saturated rings. The van der Waals surface area contributed by atoms with Crippen LogP contribution in [0.25, 0.3) is 16.9 Å². The minimum absolute atomic E-state index is 0.128. The highest BCUT2D eigenvalue weighted by Gasteiger charge is 2.28. The van der Waals surface area contributed by atoms with Crippen molar-refractivity contribution in [1.29, 1.82) is 0 Å². The average Bonchev–Trinajstić information content (AvgIpc) is 3.53. The second-order valence-electron chi connectivity index (χ2n) is 12.2. The first kappa shape index (κ1) is 30.8. The fraction of sp³-hybridized carbons (Fsp3) is 0.364. The molecule has 2 aromatic heterocycles. The molecule has 0 bridgehead atoms. The summed E-state index contributed by atoms with van der Waals surface area (Å²) >= 11 is 0. The number of fused-ring (bicyclic) bond motifs is 1. The first-order valence-corrected chi connectivity index (χ1v) is 15.4. The number of hydrogen-bond donors (Lipinski definition) is 2. The number of nitrogens with zero attached hydrogens (tertiary/aromatic N) is 6. The van der Waals surface area contributed by atoms with Gasteiger partial charge in [-0.2, -0.15) is 0 Å². The normalized spacial score (nSPS) is 15.5. The largest absolute Gasteiger partial charge is 0.444 e. The molecular formula is C33H38N8O5. The molecule has 4 amide bonds. The van der Waals surface area contributed by atoms with Crippen LogP contribution >= 0.6 is 0 Å². The highest BCUT2D eigenvalue weighted by Crippen LogP contribution is 2.25. The van der Waals surface area contributed by atoms with Crippen LogP contribution in [0.1, 0.15) is 31.1 Å². The maximum absolute atomic E-state index is 13.0. The summed E-state index contributed by atoms with van der Waals surface area (Å²) in [5, 5.41) is 10.3. The van der Waals surface area contributed by atoms with E-state index in [9.17, 15) is 14.4 Å². The van der Waals surface area contributed by atoms with Gasteiger partial charge in [-0.3, -0.25) is 4.79 Å². The first-order valence-electron chi connectivity index (χ1n) is 15.4. The molecule has 2 aromatic carbocycles. The van der Waals surface area contributed by atoms with Crippen LogP contribution in [0, 0.1) is 0 Å². The van der Waals surface area contributed by atoms with Gasteiger partial charge in [0.05, 0.1) is 13.2 Å². The number of benzene rings is 2. The number of carbonyl (C=O) groups excluding carboxylic acids is 3. The van der Waals surface area contributed by atoms with Gasteiger partial charge in [-0.05, 0) is 81.4 Å². The Balaban J connectivity index is 1.03. The van der Waals surface area contributed by atoms with Crippen molar-refractivity contribution in [1.82, 2.24) is 24.4 Å². The third-order valence-corrected chi connectivity index (χ3v) is 7.69. The number of carbonyl (C=O) groups is 3. The summed E-state index contributed by atoms with van der Waals surface area (Å²) in [4.78, 5) is 48.5. The number of amides is 4. The Bertz CT molecular complexity index is 1700. The Morgan fingerprint density at radius 1 is 0.804 bits per heavy atom. The van der Waals surface area contributed by atoms with Crippen molar-refractivity contribution in [3.05, 3.63) is 72.4 Å². The molecule has 0 aliphatic carbocycles. The maximum Gasteiger partial charge on any atom is 0.410 e. The van der Waals surface area contributed by atoms with E-state index in [1.807, 2.05) is 55.7 Å². The monoisotopic (exact) mass is 626 g/mol. The number of hydrogen-bond acceptors (Lipinski definition) is 8. The molecule has 240 valence electrons. The van der Waals surface area contributed by atoms with Crippen LogP contribution in [0.3, 0.4) is 0 Å². The lowest BCUT2D eigenvalue weighted by Gasteiger charge is -2.35. The van der Waals surface area contributed by atoms with Crippen LogP contribution in [0.4, 0.5) is 26.8 Å². The lowest BCUT2D eigenvalue weighted by atomic mass is 10.1. The van der Waals surface area contributed by atoms with Crippen LogP contribution in [-0.2, 0) is 9.47 Å². The predicted molar refractivity (Wildman–Crippen MR) is 174 cm³/mol. The van der Waals surface area contributed by atoms with E-state index >= 15 is 0 Å². The first-order chi connectivity index (χ1) is 22.1. The van der Waals surface area contributed by atoms with E-state index < -0.39 is 11.6 Å². The molecule has 0 unspecified atom stereocenters. The summed E-state index contributed by atoms with van der Waals surface area (Å²) < 4.78 is 12.8. The zero-order valence-electron chi connectivity index (χ0n) is 26.2. The Morgan fingerprint density at radius 2 is 1.41 bits per heavy atom. The number of ether oxygens (including phenoxy) is 2. The highest BCUT2D eigenvalue weighted by atomic mass is 16.6. The molecule has 0 radical (unpaired) electrons. The average molecular weight is 627 g/mol. The molecule has 4 heterocycles. The number of piperazine rings is 1. The van der Waals surface area contributed by atoms with Crippen molar-refractivity contribution in [2.24, 2.45) is 0 Å². The van der Waals surface area contributed by atoms with Crippen molar-refractivity contribution in [3.8, 4) is 11.4 Å². The van der Waals surface area contributed by atoms with Crippen molar-refractivity contribution >= 4 is 40.7 Å². The van der Waals surface area contributed by atoms with E-state index in [1.165, 1.54) is 0 Å². The van der Waals surface area contributed by atoms with E-state index in [0.29, 0.717) is 62.2 Å². The molecule has 13 heteroatoms. The summed E-state index contributed by atoms with van der Waals surface area (Å²) in [5.41, 5.74) is 2.85. The molecule has 0 saturated carbocycles. The summed E-state index contributed by atoms with van der Waals surface area (Å²) in [7, 11) is 0. The van der Waals surface area contributed by atoms with Crippen molar-refractivity contribution in [2.45, 2.75) is 26.4 Å². The van der Waals surface area contributed by atoms with Crippen LogP contribution in [0.15, 0.2) is 66.9 Å². The topological polar surface area (TPSA) is 134 Å². The van der Waals surface area contributed by atoms with Gasteiger partial charge in [0.1, 0.15) is 11.1 Å². The van der Waals surface area contributed by atoms with Gasteiger partial charge in [0.25, 0.3) is 5.91 Å². The third kappa shape index (κ3) is 7.20. The van der Waals surface area contributed by atoms with Crippen LogP contribution in [0.2, 0.25) is 0 Å². The summed E-state index contributed by atoms with van der Waals surface area (Å²) in [6.07, 6.45) is 1.54. The van der Waals surface area contributed by atoms with Gasteiger partial charge < -0.3 is 34.8 Å². The summed E-state index contributed by atoms with van der Waals surface area (Å²) in [6.45, 7) is 9.99. The minimum atomic E-state index is -0.566. The van der Waals surface area contributed by atoms with Gasteiger partial charge in [-0.25, -0.2) is 19.1 Å². The lowest BCUT2D eigenvalue weighted by molar-refractivity contribution is 0.0141. The predicted octanol–water partition coefficient (Wildman–Crippen LogP) is 4.57. The number of urea groups is 1. The lowest BCUT2D eigenvalue weighted by Crippen LogP contribution is -2.51. The smallest absolute Gasteiger partial charge is 0.410 e. The van der Waals surface area contributed by atoms with Crippen LogP contribution in [-0.4, -0.2) is 101 Å². The maximum atomic E-state index is 13.0. The number of anilines is 3. The molecule has 2 N–H and O–H groups in total. The van der Waals surface area contributed by atoms with Crippen molar-refractivity contribution < 1.29 is 23.9 Å². The Morgan fingerprint density at radius 3 is 2.04 bits per heavy atom. The fourth-order valence-electron chi connectivity index (χ4n) is 5.34. The van der Waals surface area contributed by atoms with Gasteiger partial charge in [0.15, 0.2) is 11.6 Å². The third-order valence-electron chi connectivity index (χ3n) is 7.69. The minimum Gasteiger partial charge on any atom is -0.444 e. The van der Waals surface area contributed by atoms with Gasteiger partial charge in [0, 0.05) is 68.0 Å². The zero-order valence-corrected chi connectivity index (χ0v) is 26.2. The summed E-state index contributed by atoms with van der Waals surface area (Å²) in [6, 6.07) is 17.6. The van der Waals surface area contributed by atoms with E-state index in [4.69, 9.17) is 14.5 Å². The molecule has 6 rings (SSSR count). The van der Waals surface area contributed by atoms with E-state index in [0.717, 1.165) is 30.0 Å². The van der Waals surface area contributed by atoms with E-state index in [1.54, 1.807) is 46.2 Å². The molecule has 2 aliphatic rings. The molecule has 4 aromatic rings. The van der Waals surface area contributed by atoms with Crippen molar-refractivity contribution in [3.63, 3.8) is 0 Å². The molecule has 13 nitrogen and oxygen atoms in total. The highest BCUT2D eigenvalue weighted by molar-refractivity contribution is 6.00. The van der Waals surface area contributed by atoms with Crippen molar-refractivity contribution in [2.75, 3.05) is 68.0 Å². The van der Waals surface area contributed by atoms with Gasteiger partial charge in [0.2, 0.25) is 0 Å². The van der Waals surface area contributed by atoms with Gasteiger partial charge in [-0.15, -0.1) is 5.10 Å². The molecule has 0 spiro atoms. The molecule has 2 saturated heterocycles. The second-order valence-corrected chi connectivity index (χ2v) is 12.2. The fourth-order valence-corrected chi connectivity index (χ4v) is 5.34. The van der Waals surface area contributed by atoms with Crippen LogP contribution < -0.4 is 15.5 Å². The molecular weight excluding hydrogens is 588 g/mol. The van der Waals surface area contributed by atoms with Gasteiger partial charge in [-0.1, -0.05) is 0 Å². The van der Waals surface area contributed by atoms with E-state index in [-0.39, 0.29) is 12.0 Å². The number of rotatable bonds is 5. The number of aromatic nitrogens is 3. The Kier molecular flexibility index (Phi) is 8.75.